The fourth-order valence-electron chi connectivity index (χ4n) is 2.55. The molecule has 0 amide bonds. The maximum Gasteiger partial charge on any atom is 0.339 e. The summed E-state index contributed by atoms with van der Waals surface area (Å²) in [4.78, 5) is 46.5. The summed E-state index contributed by atoms with van der Waals surface area (Å²) in [7, 11) is 1.14. The molecule has 5 atom stereocenters. The number of hydrogen-bond donors (Lipinski definition) is 0. The predicted octanol–water partition coefficient (Wildman–Crippen LogP) is 0.298. The van der Waals surface area contributed by atoms with Crippen molar-refractivity contribution in [2.45, 2.75) is 57.7 Å². The van der Waals surface area contributed by atoms with E-state index in [1.54, 1.807) is 0 Å². The molecule has 0 spiro atoms. The average Bonchev–Trinajstić information content (AvgIpc) is 2.50. The van der Waals surface area contributed by atoms with Gasteiger partial charge >= 0.3 is 23.9 Å². The first-order chi connectivity index (χ1) is 11.7. The summed E-state index contributed by atoms with van der Waals surface area (Å²) >= 11 is 0. The van der Waals surface area contributed by atoms with Gasteiger partial charge in [0.2, 0.25) is 0 Å². The molecule has 2 unspecified atom stereocenters. The highest BCUT2D eigenvalue weighted by molar-refractivity contribution is 5.77. The van der Waals surface area contributed by atoms with Crippen molar-refractivity contribution in [1.29, 1.82) is 0 Å². The topological polar surface area (TPSA) is 114 Å². The minimum atomic E-state index is -1.35. The Bertz CT molecular complexity index is 542. The van der Waals surface area contributed by atoms with Crippen LogP contribution in [0.5, 0.6) is 0 Å². The lowest BCUT2D eigenvalue weighted by Gasteiger charge is -2.43. The number of rotatable bonds is 6. The van der Waals surface area contributed by atoms with Gasteiger partial charge in [0.25, 0.3) is 0 Å². The second-order valence-electron chi connectivity index (χ2n) is 5.36. The lowest BCUT2D eigenvalue weighted by molar-refractivity contribution is -0.247. The van der Waals surface area contributed by atoms with E-state index < -0.39 is 54.4 Å². The minimum Gasteiger partial charge on any atom is -0.467 e. The maximum absolute atomic E-state index is 12.1. The quantitative estimate of drug-likeness (QED) is 0.375. The third kappa shape index (κ3) is 5.56. The van der Waals surface area contributed by atoms with Crippen LogP contribution in [0.2, 0.25) is 0 Å². The van der Waals surface area contributed by atoms with Crippen LogP contribution in [-0.4, -0.2) is 61.5 Å². The molecule has 0 N–H and O–H groups in total. The fraction of sp³-hybridized carbons (Fsp3) is 0.625. The summed E-state index contributed by atoms with van der Waals surface area (Å²) < 4.78 is 25.8. The van der Waals surface area contributed by atoms with Crippen LogP contribution >= 0.6 is 0 Å². The van der Waals surface area contributed by atoms with Crippen molar-refractivity contribution in [2.24, 2.45) is 0 Å². The molecule has 9 nitrogen and oxygen atoms in total. The van der Waals surface area contributed by atoms with Crippen molar-refractivity contribution in [3.05, 3.63) is 12.7 Å². The van der Waals surface area contributed by atoms with Crippen LogP contribution in [0.25, 0.3) is 0 Å². The van der Waals surface area contributed by atoms with E-state index in [2.05, 4.69) is 11.3 Å². The zero-order valence-corrected chi connectivity index (χ0v) is 14.6. The van der Waals surface area contributed by atoms with Crippen molar-refractivity contribution in [3.63, 3.8) is 0 Å². The Morgan fingerprint density at radius 1 is 0.920 bits per heavy atom. The smallest absolute Gasteiger partial charge is 0.339 e. The van der Waals surface area contributed by atoms with Crippen LogP contribution in [0.4, 0.5) is 0 Å². The Hall–Kier alpha value is -2.42. The normalized spacial score (nSPS) is 28.4. The van der Waals surface area contributed by atoms with E-state index in [1.165, 1.54) is 13.0 Å². The van der Waals surface area contributed by atoms with Gasteiger partial charge in [-0.1, -0.05) is 6.08 Å². The molecule has 0 aliphatic carbocycles. The van der Waals surface area contributed by atoms with Crippen LogP contribution < -0.4 is 0 Å². The molecule has 9 heteroatoms. The predicted molar refractivity (Wildman–Crippen MR) is 82.2 cm³/mol. The van der Waals surface area contributed by atoms with Crippen LogP contribution in [-0.2, 0) is 42.9 Å². The standard InChI is InChI=1S/C16H22O9/c1-6-7-11-12(22-8(2)17)13(23-9(3)18)14(24-10(4)19)15(25-11)16(20)21-5/h6,11-15H,1,7H2,2-5H3/t11-,12?,13+,14-,15?/m1/s1. The number of esters is 4. The fourth-order valence-corrected chi connectivity index (χ4v) is 2.55. The van der Waals surface area contributed by atoms with E-state index in [0.717, 1.165) is 21.0 Å². The van der Waals surface area contributed by atoms with Gasteiger partial charge in [-0.2, -0.15) is 0 Å². The molecule has 1 aliphatic heterocycles. The Balaban J connectivity index is 3.33. The maximum atomic E-state index is 12.1. The summed E-state index contributed by atoms with van der Waals surface area (Å²) in [5, 5.41) is 0. The highest BCUT2D eigenvalue weighted by atomic mass is 16.7. The molecule has 1 aliphatic rings. The van der Waals surface area contributed by atoms with Gasteiger partial charge in [-0.25, -0.2) is 4.79 Å². The van der Waals surface area contributed by atoms with Gasteiger partial charge in [0.15, 0.2) is 24.4 Å². The zero-order valence-electron chi connectivity index (χ0n) is 14.6. The number of hydrogen-bond acceptors (Lipinski definition) is 9. The molecule has 1 saturated heterocycles. The van der Waals surface area contributed by atoms with E-state index in [4.69, 9.17) is 18.9 Å². The van der Waals surface area contributed by atoms with Gasteiger partial charge in [-0.05, 0) is 6.42 Å². The van der Waals surface area contributed by atoms with Gasteiger partial charge in [-0.3, -0.25) is 14.4 Å². The molecule has 1 fully saturated rings. The lowest BCUT2D eigenvalue weighted by Crippen LogP contribution is -2.63. The monoisotopic (exact) mass is 358 g/mol. The van der Waals surface area contributed by atoms with Crippen LogP contribution in [0, 0.1) is 0 Å². The van der Waals surface area contributed by atoms with E-state index in [-0.39, 0.29) is 6.42 Å². The first kappa shape index (κ1) is 20.6. The molecule has 0 radical (unpaired) electrons. The van der Waals surface area contributed by atoms with Gasteiger partial charge < -0.3 is 23.7 Å². The third-order valence-electron chi connectivity index (χ3n) is 3.37. The van der Waals surface area contributed by atoms with Crippen molar-refractivity contribution < 1.29 is 42.9 Å². The van der Waals surface area contributed by atoms with Crippen molar-refractivity contribution in [2.75, 3.05) is 7.11 Å². The second-order valence-corrected chi connectivity index (χ2v) is 5.36. The third-order valence-corrected chi connectivity index (χ3v) is 3.37. The summed E-state index contributed by atoms with van der Waals surface area (Å²) in [6.07, 6.45) is -4.18. The van der Waals surface area contributed by atoms with E-state index in [0.29, 0.717) is 0 Å². The van der Waals surface area contributed by atoms with E-state index in [1.807, 2.05) is 0 Å². The van der Waals surface area contributed by atoms with Crippen molar-refractivity contribution >= 4 is 23.9 Å². The SMILES string of the molecule is C=CC[C@H]1OC(C(=O)OC)[C@H](OC(C)=O)[C@@H](OC(C)=O)C1OC(C)=O. The van der Waals surface area contributed by atoms with Gasteiger partial charge in [0, 0.05) is 20.8 Å². The Morgan fingerprint density at radius 2 is 1.40 bits per heavy atom. The summed E-state index contributed by atoms with van der Waals surface area (Å²) in [6.45, 7) is 7.01. The molecule has 0 saturated carbocycles. The highest BCUT2D eigenvalue weighted by Gasteiger charge is 2.54. The van der Waals surface area contributed by atoms with Crippen molar-refractivity contribution in [3.8, 4) is 0 Å². The Labute approximate surface area is 145 Å². The number of carbonyl (C=O) groups is 4. The molecule has 1 rings (SSSR count). The second kappa shape index (κ2) is 9.16. The first-order valence-electron chi connectivity index (χ1n) is 7.57. The average molecular weight is 358 g/mol. The highest BCUT2D eigenvalue weighted by Crippen LogP contribution is 2.31. The first-order valence-corrected chi connectivity index (χ1v) is 7.57. The molecule has 25 heavy (non-hydrogen) atoms. The summed E-state index contributed by atoms with van der Waals surface area (Å²) in [5.74, 6) is -2.91. The molecule has 0 aromatic heterocycles. The number of ether oxygens (including phenoxy) is 5. The van der Waals surface area contributed by atoms with Crippen LogP contribution in [0.1, 0.15) is 27.2 Å². The van der Waals surface area contributed by atoms with Gasteiger partial charge in [0.05, 0.1) is 7.11 Å². The van der Waals surface area contributed by atoms with Gasteiger partial charge in [-0.15, -0.1) is 6.58 Å². The zero-order chi connectivity index (χ0) is 19.1. The largest absolute Gasteiger partial charge is 0.467 e. The van der Waals surface area contributed by atoms with Crippen molar-refractivity contribution in [1.82, 2.24) is 0 Å². The van der Waals surface area contributed by atoms with Gasteiger partial charge in [0.1, 0.15) is 6.10 Å². The molecule has 0 bridgehead atoms. The minimum absolute atomic E-state index is 0.190. The van der Waals surface area contributed by atoms with Crippen LogP contribution in [0.15, 0.2) is 12.7 Å². The van der Waals surface area contributed by atoms with E-state index >= 15 is 0 Å². The molecular weight excluding hydrogens is 336 g/mol. The number of carbonyl (C=O) groups excluding carboxylic acids is 4. The number of methoxy groups -OCH3 is 1. The Kier molecular flexibility index (Phi) is 7.56. The Morgan fingerprint density at radius 3 is 1.84 bits per heavy atom. The molecule has 1 heterocycles. The van der Waals surface area contributed by atoms with Crippen LogP contribution in [0.3, 0.4) is 0 Å². The van der Waals surface area contributed by atoms with E-state index in [9.17, 15) is 19.2 Å². The molecule has 0 aromatic rings. The summed E-state index contributed by atoms with van der Waals surface area (Å²) in [5.41, 5.74) is 0. The summed E-state index contributed by atoms with van der Waals surface area (Å²) in [6, 6.07) is 0. The molecule has 140 valence electrons. The lowest BCUT2D eigenvalue weighted by atomic mass is 9.92. The molecular formula is C16H22O9. The molecule has 0 aromatic carbocycles.